The maximum absolute atomic E-state index is 12.7. The fraction of sp³-hybridized carbons (Fsp3) is 0.632. The molecule has 1 N–H and O–H groups in total. The van der Waals surface area contributed by atoms with E-state index < -0.39 is 10.0 Å². The van der Waals surface area contributed by atoms with E-state index in [1.54, 1.807) is 28.6 Å². The van der Waals surface area contributed by atoms with Crippen LogP contribution in [0, 0.1) is 11.8 Å². The molecule has 3 aliphatic rings. The van der Waals surface area contributed by atoms with Crippen molar-refractivity contribution in [2.75, 3.05) is 39.3 Å². The summed E-state index contributed by atoms with van der Waals surface area (Å²) in [4.78, 5) is 14.9. The fourth-order valence-corrected chi connectivity index (χ4v) is 5.90. The second-order valence-corrected chi connectivity index (χ2v) is 9.70. The topological polar surface area (TPSA) is 69.7 Å². The Morgan fingerprint density at radius 3 is 2.19 bits per heavy atom. The van der Waals surface area contributed by atoms with Crippen LogP contribution in [0.1, 0.15) is 24.8 Å². The predicted molar refractivity (Wildman–Crippen MR) is 106 cm³/mol. The van der Waals surface area contributed by atoms with E-state index in [2.05, 4.69) is 5.32 Å². The summed E-state index contributed by atoms with van der Waals surface area (Å²) in [6, 6.07) is 6.87. The zero-order chi connectivity index (χ0) is 18.1. The van der Waals surface area contributed by atoms with Crippen molar-refractivity contribution in [2.24, 2.45) is 11.8 Å². The lowest BCUT2D eigenvalue weighted by Crippen LogP contribution is -2.35. The maximum atomic E-state index is 12.7. The second kappa shape index (κ2) is 8.47. The molecule has 0 radical (unpaired) electrons. The summed E-state index contributed by atoms with van der Waals surface area (Å²) in [5.74, 6) is 1.33. The summed E-state index contributed by atoms with van der Waals surface area (Å²) in [5.41, 5.74) is 0.878. The molecule has 6 nitrogen and oxygen atoms in total. The number of halogens is 1. The summed E-state index contributed by atoms with van der Waals surface area (Å²) in [6.45, 7) is 4.92. The Morgan fingerprint density at radius 1 is 1.00 bits per heavy atom. The lowest BCUT2D eigenvalue weighted by atomic mass is 10.0. The smallest absolute Gasteiger partial charge is 0.243 e. The summed E-state index contributed by atoms with van der Waals surface area (Å²) >= 11 is 0. The van der Waals surface area contributed by atoms with E-state index >= 15 is 0 Å². The van der Waals surface area contributed by atoms with Gasteiger partial charge in [0.1, 0.15) is 0 Å². The van der Waals surface area contributed by atoms with Crippen LogP contribution in [-0.4, -0.2) is 62.8 Å². The first-order chi connectivity index (χ1) is 12.5. The van der Waals surface area contributed by atoms with E-state index in [-0.39, 0.29) is 18.3 Å². The molecule has 2 atom stereocenters. The average Bonchev–Trinajstić information content (AvgIpc) is 3.25. The van der Waals surface area contributed by atoms with E-state index in [9.17, 15) is 13.2 Å². The number of piperidine rings is 1. The normalized spacial score (nSPS) is 25.9. The molecule has 1 aromatic rings. The molecule has 0 unspecified atom stereocenters. The third-order valence-corrected chi connectivity index (χ3v) is 7.89. The number of fused-ring (bicyclic) bond motifs is 1. The maximum Gasteiger partial charge on any atom is 0.243 e. The highest BCUT2D eigenvalue weighted by atomic mass is 35.5. The van der Waals surface area contributed by atoms with E-state index in [4.69, 9.17) is 0 Å². The van der Waals surface area contributed by atoms with Gasteiger partial charge in [-0.1, -0.05) is 18.6 Å². The zero-order valence-corrected chi connectivity index (χ0v) is 17.1. The largest absolute Gasteiger partial charge is 0.342 e. The second-order valence-electron chi connectivity index (χ2n) is 7.76. The van der Waals surface area contributed by atoms with Gasteiger partial charge in [-0.15, -0.1) is 12.4 Å². The molecule has 0 aromatic heterocycles. The number of nitrogens with one attached hydrogen (secondary N) is 1. The fourth-order valence-electron chi connectivity index (χ4n) is 4.38. The number of hydrogen-bond donors (Lipinski definition) is 1. The van der Waals surface area contributed by atoms with Crippen molar-refractivity contribution < 1.29 is 13.2 Å². The standard InChI is InChI=1S/C19H27N3O3S.ClH/c23-19(21-13-16-11-20-12-17(16)14-21)10-15-4-6-18(7-5-15)26(24,25)22-8-2-1-3-9-22;/h4-7,16-17,20H,1-3,8-14H2;1H/t16-,17+;. The number of nitrogens with zero attached hydrogens (tertiary/aromatic N) is 2. The minimum Gasteiger partial charge on any atom is -0.342 e. The van der Waals surface area contributed by atoms with Crippen LogP contribution >= 0.6 is 12.4 Å². The third-order valence-electron chi connectivity index (χ3n) is 5.97. The quantitative estimate of drug-likeness (QED) is 0.812. The molecule has 3 fully saturated rings. The lowest BCUT2D eigenvalue weighted by molar-refractivity contribution is -0.129. The minimum atomic E-state index is -3.40. The highest BCUT2D eigenvalue weighted by molar-refractivity contribution is 7.89. The number of hydrogen-bond acceptors (Lipinski definition) is 4. The molecule has 150 valence electrons. The van der Waals surface area contributed by atoms with Gasteiger partial charge in [-0.3, -0.25) is 4.79 Å². The molecule has 0 saturated carbocycles. The van der Waals surface area contributed by atoms with Crippen molar-refractivity contribution in [1.82, 2.24) is 14.5 Å². The molecule has 8 heteroatoms. The number of rotatable bonds is 4. The van der Waals surface area contributed by atoms with Gasteiger partial charge in [0.2, 0.25) is 15.9 Å². The zero-order valence-electron chi connectivity index (χ0n) is 15.5. The van der Waals surface area contributed by atoms with Crippen LogP contribution < -0.4 is 5.32 Å². The third kappa shape index (κ3) is 4.31. The van der Waals surface area contributed by atoms with Crippen LogP contribution in [0.15, 0.2) is 29.2 Å². The molecule has 0 spiro atoms. The molecule has 0 aliphatic carbocycles. The van der Waals surface area contributed by atoms with Gasteiger partial charge < -0.3 is 10.2 Å². The highest BCUT2D eigenvalue weighted by Gasteiger charge is 2.37. The Kier molecular flexibility index (Phi) is 6.46. The average molecular weight is 414 g/mol. The Bertz CT molecular complexity index is 751. The van der Waals surface area contributed by atoms with Crippen LogP contribution in [0.3, 0.4) is 0 Å². The molecule has 3 saturated heterocycles. The van der Waals surface area contributed by atoms with Crippen molar-refractivity contribution in [3.8, 4) is 0 Å². The molecule has 1 amide bonds. The van der Waals surface area contributed by atoms with Gasteiger partial charge in [0.25, 0.3) is 0 Å². The number of amides is 1. The first-order valence-corrected chi connectivity index (χ1v) is 11.1. The lowest BCUT2D eigenvalue weighted by Gasteiger charge is -2.25. The van der Waals surface area contributed by atoms with Gasteiger partial charge >= 0.3 is 0 Å². The summed E-state index contributed by atoms with van der Waals surface area (Å²) in [6.07, 6.45) is 3.30. The molecule has 1 aromatic carbocycles. The van der Waals surface area contributed by atoms with Crippen molar-refractivity contribution in [1.29, 1.82) is 0 Å². The molecular formula is C19H28ClN3O3S. The van der Waals surface area contributed by atoms with Crippen molar-refractivity contribution in [3.05, 3.63) is 29.8 Å². The van der Waals surface area contributed by atoms with E-state index in [0.29, 0.717) is 36.2 Å². The van der Waals surface area contributed by atoms with Crippen molar-refractivity contribution in [3.63, 3.8) is 0 Å². The van der Waals surface area contributed by atoms with Gasteiger partial charge in [-0.2, -0.15) is 4.31 Å². The van der Waals surface area contributed by atoms with Crippen LogP contribution in [-0.2, 0) is 21.2 Å². The Labute approximate surface area is 167 Å². The summed E-state index contributed by atoms with van der Waals surface area (Å²) in [5, 5.41) is 3.38. The summed E-state index contributed by atoms with van der Waals surface area (Å²) in [7, 11) is -3.40. The number of carbonyl (C=O) groups is 1. The SMILES string of the molecule is Cl.O=C(Cc1ccc(S(=O)(=O)N2CCCCC2)cc1)N1C[C@H]2CNC[C@H]2C1. The van der Waals surface area contributed by atoms with Gasteiger partial charge in [-0.25, -0.2) is 8.42 Å². The van der Waals surface area contributed by atoms with Gasteiger partial charge in [-0.05, 0) is 42.4 Å². The van der Waals surface area contributed by atoms with Gasteiger partial charge in [0.15, 0.2) is 0 Å². The first-order valence-electron chi connectivity index (χ1n) is 9.61. The monoisotopic (exact) mass is 413 g/mol. The first kappa shape index (κ1) is 20.6. The van der Waals surface area contributed by atoms with Gasteiger partial charge in [0.05, 0.1) is 11.3 Å². The molecule has 4 rings (SSSR count). The van der Waals surface area contributed by atoms with Crippen LogP contribution in [0.4, 0.5) is 0 Å². The van der Waals surface area contributed by atoms with Crippen molar-refractivity contribution >= 4 is 28.3 Å². The molecule has 3 heterocycles. The van der Waals surface area contributed by atoms with E-state index in [1.807, 2.05) is 4.90 Å². The Balaban J connectivity index is 0.00000210. The number of sulfonamides is 1. The molecular weight excluding hydrogens is 386 g/mol. The van der Waals surface area contributed by atoms with Gasteiger partial charge in [0, 0.05) is 39.3 Å². The highest BCUT2D eigenvalue weighted by Crippen LogP contribution is 2.27. The Hall–Kier alpha value is -1.15. The number of likely N-dealkylation sites (tertiary alicyclic amines) is 1. The predicted octanol–water partition coefficient (Wildman–Crippen LogP) is 1.50. The summed E-state index contributed by atoms with van der Waals surface area (Å²) < 4.78 is 26.9. The van der Waals surface area contributed by atoms with E-state index in [0.717, 1.165) is 51.0 Å². The van der Waals surface area contributed by atoms with Crippen molar-refractivity contribution in [2.45, 2.75) is 30.6 Å². The molecule has 0 bridgehead atoms. The molecule has 3 aliphatic heterocycles. The van der Waals surface area contributed by atoms with Crippen LogP contribution in [0.2, 0.25) is 0 Å². The Morgan fingerprint density at radius 2 is 1.59 bits per heavy atom. The van der Waals surface area contributed by atoms with Crippen LogP contribution in [0.25, 0.3) is 0 Å². The van der Waals surface area contributed by atoms with E-state index in [1.165, 1.54) is 0 Å². The van der Waals surface area contributed by atoms with Crippen LogP contribution in [0.5, 0.6) is 0 Å². The minimum absolute atomic E-state index is 0. The number of benzene rings is 1. The molecule has 27 heavy (non-hydrogen) atoms. The number of carbonyl (C=O) groups excluding carboxylic acids is 1.